The van der Waals surface area contributed by atoms with Crippen molar-refractivity contribution in [3.8, 4) is 0 Å². The van der Waals surface area contributed by atoms with Crippen molar-refractivity contribution in [1.29, 1.82) is 0 Å². The van der Waals surface area contributed by atoms with Gasteiger partial charge in [-0.1, -0.05) is 13.8 Å². The minimum atomic E-state index is 0. The quantitative estimate of drug-likeness (QED) is 0.282. The van der Waals surface area contributed by atoms with E-state index < -0.39 is 0 Å². The van der Waals surface area contributed by atoms with Gasteiger partial charge in [-0.15, -0.1) is 24.0 Å². The Bertz CT molecular complexity index is 329. The van der Waals surface area contributed by atoms with Crippen LogP contribution < -0.4 is 10.6 Å². The standard InChI is InChI=1S/C17H35N3OS.HI/c1-5-18-17(20-15-6-7-16(11-15)22-4)19-12-14(8-9-21)10-13(2)3;/h13-16,21H,5-12H2,1-4H3,(H2,18,19,20);1H. The zero-order chi connectivity index (χ0) is 16.4. The van der Waals surface area contributed by atoms with Crippen molar-refractivity contribution in [3.05, 3.63) is 0 Å². The molecule has 0 aromatic carbocycles. The first-order valence-electron chi connectivity index (χ1n) is 8.77. The van der Waals surface area contributed by atoms with Crippen LogP contribution in [-0.2, 0) is 0 Å². The van der Waals surface area contributed by atoms with Gasteiger partial charge < -0.3 is 15.7 Å². The van der Waals surface area contributed by atoms with Crippen LogP contribution in [0.2, 0.25) is 0 Å². The van der Waals surface area contributed by atoms with Crippen LogP contribution in [0.1, 0.15) is 52.9 Å². The van der Waals surface area contributed by atoms with Gasteiger partial charge in [0.15, 0.2) is 5.96 Å². The van der Waals surface area contributed by atoms with Gasteiger partial charge in [0.25, 0.3) is 0 Å². The summed E-state index contributed by atoms with van der Waals surface area (Å²) in [6.45, 7) is 8.52. The SMILES string of the molecule is CCNC(=NCC(CCO)CC(C)C)NC1CCC(SC)C1.I. The number of hydrogen-bond donors (Lipinski definition) is 3. The van der Waals surface area contributed by atoms with E-state index in [1.165, 1.54) is 19.3 Å². The van der Waals surface area contributed by atoms with Crippen molar-refractivity contribution < 1.29 is 5.11 Å². The molecular formula is C17H36IN3OS. The smallest absolute Gasteiger partial charge is 0.191 e. The van der Waals surface area contributed by atoms with Crippen molar-refractivity contribution in [3.63, 3.8) is 0 Å². The Hall–Kier alpha value is 0.310. The second-order valence-corrected chi connectivity index (χ2v) is 7.88. The molecule has 3 unspecified atom stereocenters. The number of halogens is 1. The summed E-state index contributed by atoms with van der Waals surface area (Å²) in [6, 6.07) is 0.552. The van der Waals surface area contributed by atoms with Crippen LogP contribution in [0.3, 0.4) is 0 Å². The third-order valence-electron chi connectivity index (χ3n) is 4.25. The van der Waals surface area contributed by atoms with E-state index in [0.29, 0.717) is 17.9 Å². The Morgan fingerprint density at radius 1 is 1.35 bits per heavy atom. The monoisotopic (exact) mass is 457 g/mol. The van der Waals surface area contributed by atoms with Gasteiger partial charge in [-0.05, 0) is 57.1 Å². The van der Waals surface area contributed by atoms with E-state index in [9.17, 15) is 5.11 Å². The summed E-state index contributed by atoms with van der Waals surface area (Å²) in [5.74, 6) is 2.07. The zero-order valence-corrected chi connectivity index (χ0v) is 18.3. The molecule has 1 fully saturated rings. The first-order chi connectivity index (χ1) is 10.6. The lowest BCUT2D eigenvalue weighted by Crippen LogP contribution is -2.42. The molecule has 0 bridgehead atoms. The number of aliphatic hydroxyl groups is 1. The largest absolute Gasteiger partial charge is 0.396 e. The normalized spacial score (nSPS) is 22.8. The summed E-state index contributed by atoms with van der Waals surface area (Å²) < 4.78 is 0. The number of nitrogens with zero attached hydrogens (tertiary/aromatic N) is 1. The highest BCUT2D eigenvalue weighted by Crippen LogP contribution is 2.28. The number of hydrogen-bond acceptors (Lipinski definition) is 3. The van der Waals surface area contributed by atoms with E-state index >= 15 is 0 Å². The lowest BCUT2D eigenvalue weighted by Gasteiger charge is -2.20. The molecule has 1 aliphatic carbocycles. The number of thioether (sulfide) groups is 1. The number of aliphatic imine (C=N–C) groups is 1. The van der Waals surface area contributed by atoms with Gasteiger partial charge in [0, 0.05) is 31.0 Å². The van der Waals surface area contributed by atoms with Gasteiger partial charge in [0.05, 0.1) is 0 Å². The fraction of sp³-hybridized carbons (Fsp3) is 0.941. The molecule has 1 rings (SSSR count). The lowest BCUT2D eigenvalue weighted by molar-refractivity contribution is 0.245. The van der Waals surface area contributed by atoms with Crippen LogP contribution >= 0.6 is 35.7 Å². The fourth-order valence-corrected chi connectivity index (χ4v) is 3.95. The maximum atomic E-state index is 9.22. The summed E-state index contributed by atoms with van der Waals surface area (Å²) in [7, 11) is 0. The molecule has 0 saturated heterocycles. The summed E-state index contributed by atoms with van der Waals surface area (Å²) >= 11 is 1.98. The Morgan fingerprint density at radius 2 is 2.09 bits per heavy atom. The van der Waals surface area contributed by atoms with Crippen LogP contribution in [0, 0.1) is 11.8 Å². The van der Waals surface area contributed by atoms with Crippen molar-refractivity contribution in [2.75, 3.05) is 26.0 Å². The minimum Gasteiger partial charge on any atom is -0.396 e. The highest BCUT2D eigenvalue weighted by molar-refractivity contribution is 14.0. The molecule has 0 aromatic heterocycles. The summed E-state index contributed by atoms with van der Waals surface area (Å²) in [5.41, 5.74) is 0. The molecular weight excluding hydrogens is 421 g/mol. The van der Waals surface area contributed by atoms with Crippen LogP contribution in [-0.4, -0.2) is 48.3 Å². The molecule has 0 heterocycles. The first-order valence-corrected chi connectivity index (χ1v) is 10.1. The molecule has 138 valence electrons. The average molecular weight is 457 g/mol. The topological polar surface area (TPSA) is 56.7 Å². The van der Waals surface area contributed by atoms with Gasteiger partial charge >= 0.3 is 0 Å². The predicted octanol–water partition coefficient (Wildman–Crippen LogP) is 3.49. The molecule has 3 N–H and O–H groups in total. The number of nitrogens with one attached hydrogen (secondary N) is 2. The third-order valence-corrected chi connectivity index (χ3v) is 5.35. The van der Waals surface area contributed by atoms with Crippen molar-refractivity contribution >= 4 is 41.7 Å². The molecule has 23 heavy (non-hydrogen) atoms. The minimum absolute atomic E-state index is 0. The number of rotatable bonds is 9. The number of guanidine groups is 1. The second-order valence-electron chi connectivity index (χ2n) is 6.74. The van der Waals surface area contributed by atoms with Gasteiger partial charge in [0.1, 0.15) is 0 Å². The van der Waals surface area contributed by atoms with Crippen molar-refractivity contribution in [1.82, 2.24) is 10.6 Å². The molecule has 0 aliphatic heterocycles. The molecule has 3 atom stereocenters. The van der Waals surface area contributed by atoms with Gasteiger partial charge in [-0.3, -0.25) is 4.99 Å². The molecule has 1 aliphatic rings. The molecule has 0 spiro atoms. The Labute approximate surface area is 164 Å². The molecule has 6 heteroatoms. The van der Waals surface area contributed by atoms with E-state index in [-0.39, 0.29) is 30.6 Å². The van der Waals surface area contributed by atoms with Crippen LogP contribution in [0.25, 0.3) is 0 Å². The van der Waals surface area contributed by atoms with Crippen LogP contribution in [0.15, 0.2) is 4.99 Å². The average Bonchev–Trinajstić information content (AvgIpc) is 2.92. The maximum absolute atomic E-state index is 9.22. The molecule has 4 nitrogen and oxygen atoms in total. The van der Waals surface area contributed by atoms with Gasteiger partial charge in [-0.25, -0.2) is 0 Å². The molecule has 0 amide bonds. The third kappa shape index (κ3) is 10.0. The van der Waals surface area contributed by atoms with E-state index in [2.05, 4.69) is 37.7 Å². The first kappa shape index (κ1) is 23.3. The second kappa shape index (κ2) is 13.6. The summed E-state index contributed by atoms with van der Waals surface area (Å²) in [4.78, 5) is 4.78. The summed E-state index contributed by atoms with van der Waals surface area (Å²) in [5, 5.41) is 17.0. The van der Waals surface area contributed by atoms with Crippen LogP contribution in [0.4, 0.5) is 0 Å². The molecule has 0 aromatic rings. The van der Waals surface area contributed by atoms with Crippen molar-refractivity contribution in [2.24, 2.45) is 16.8 Å². The predicted molar refractivity (Wildman–Crippen MR) is 114 cm³/mol. The maximum Gasteiger partial charge on any atom is 0.191 e. The Kier molecular flexibility index (Phi) is 13.8. The highest BCUT2D eigenvalue weighted by atomic mass is 127. The lowest BCUT2D eigenvalue weighted by atomic mass is 9.94. The number of aliphatic hydroxyl groups excluding tert-OH is 1. The summed E-state index contributed by atoms with van der Waals surface area (Å²) in [6.07, 6.45) is 7.95. The Balaban J connectivity index is 0.00000484. The molecule has 1 saturated carbocycles. The van der Waals surface area contributed by atoms with E-state index in [0.717, 1.165) is 37.1 Å². The van der Waals surface area contributed by atoms with E-state index in [4.69, 9.17) is 4.99 Å². The van der Waals surface area contributed by atoms with Gasteiger partial charge in [-0.2, -0.15) is 11.8 Å². The van der Waals surface area contributed by atoms with E-state index in [1.807, 2.05) is 11.8 Å². The zero-order valence-electron chi connectivity index (χ0n) is 15.2. The highest BCUT2D eigenvalue weighted by Gasteiger charge is 2.24. The fourth-order valence-electron chi connectivity index (χ4n) is 3.15. The van der Waals surface area contributed by atoms with Crippen LogP contribution in [0.5, 0.6) is 0 Å². The van der Waals surface area contributed by atoms with E-state index in [1.54, 1.807) is 0 Å². The molecule has 0 radical (unpaired) electrons. The van der Waals surface area contributed by atoms with Crippen molar-refractivity contribution in [2.45, 2.75) is 64.2 Å². The Morgan fingerprint density at radius 3 is 2.61 bits per heavy atom. The van der Waals surface area contributed by atoms with Gasteiger partial charge in [0.2, 0.25) is 0 Å².